The van der Waals surface area contributed by atoms with Gasteiger partial charge in [0, 0.05) is 13.6 Å². The number of likely N-dealkylation sites (tertiary alicyclic amines) is 2. The molecule has 0 spiro atoms. The second-order valence-electron chi connectivity index (χ2n) is 4.84. The summed E-state index contributed by atoms with van der Waals surface area (Å²) in [5.74, 6) is -0.517. The van der Waals surface area contributed by atoms with Gasteiger partial charge in [-0.25, -0.2) is 0 Å². The van der Waals surface area contributed by atoms with Gasteiger partial charge in [-0.3, -0.25) is 19.3 Å². The fourth-order valence-corrected chi connectivity index (χ4v) is 2.50. The van der Waals surface area contributed by atoms with Crippen molar-refractivity contribution < 1.29 is 14.4 Å². The van der Waals surface area contributed by atoms with E-state index in [0.717, 1.165) is 17.9 Å². The Labute approximate surface area is 106 Å². The summed E-state index contributed by atoms with van der Waals surface area (Å²) in [7, 11) is 1.47. The summed E-state index contributed by atoms with van der Waals surface area (Å²) in [5, 5.41) is 3.17. The molecule has 3 amide bonds. The standard InChI is InChI=1S/C12H19N3O3/c1-3-5-13-8-4-6-15(11(8)17)9-7-10(16)14(2)12(9)18/h8-9,13H,3-7H2,1-2H3. The summed E-state index contributed by atoms with van der Waals surface area (Å²) in [6.45, 7) is 3.39. The molecule has 2 heterocycles. The maximum absolute atomic E-state index is 12.1. The first-order valence-electron chi connectivity index (χ1n) is 6.40. The third-order valence-corrected chi connectivity index (χ3v) is 3.61. The SMILES string of the molecule is CCCNC1CCN(C2CC(=O)N(C)C2=O)C1=O. The monoisotopic (exact) mass is 253 g/mol. The van der Waals surface area contributed by atoms with Gasteiger partial charge in [0.2, 0.25) is 11.8 Å². The highest BCUT2D eigenvalue weighted by Crippen LogP contribution is 2.22. The zero-order chi connectivity index (χ0) is 13.3. The number of hydrogen-bond acceptors (Lipinski definition) is 4. The van der Waals surface area contributed by atoms with Crippen molar-refractivity contribution >= 4 is 17.7 Å². The molecular formula is C12H19N3O3. The molecule has 100 valence electrons. The lowest BCUT2D eigenvalue weighted by atomic mass is 10.2. The molecule has 0 aliphatic carbocycles. The van der Waals surface area contributed by atoms with Crippen molar-refractivity contribution in [2.45, 2.75) is 38.3 Å². The van der Waals surface area contributed by atoms with Crippen LogP contribution in [0.3, 0.4) is 0 Å². The number of likely N-dealkylation sites (N-methyl/N-ethyl adjacent to an activating group) is 1. The second-order valence-corrected chi connectivity index (χ2v) is 4.84. The first kappa shape index (κ1) is 13.0. The molecule has 0 bridgehead atoms. The molecule has 2 rings (SSSR count). The molecule has 0 aromatic carbocycles. The Kier molecular flexibility index (Phi) is 3.65. The minimum absolute atomic E-state index is 0.0510. The van der Waals surface area contributed by atoms with Gasteiger partial charge in [-0.05, 0) is 19.4 Å². The Morgan fingerprint density at radius 3 is 2.56 bits per heavy atom. The van der Waals surface area contributed by atoms with E-state index in [-0.39, 0.29) is 30.2 Å². The zero-order valence-corrected chi connectivity index (χ0v) is 10.8. The van der Waals surface area contributed by atoms with Crippen LogP contribution in [0.2, 0.25) is 0 Å². The van der Waals surface area contributed by atoms with Crippen LogP contribution in [-0.2, 0) is 14.4 Å². The number of imide groups is 1. The number of rotatable bonds is 4. The van der Waals surface area contributed by atoms with E-state index in [4.69, 9.17) is 0 Å². The predicted molar refractivity (Wildman–Crippen MR) is 64.6 cm³/mol. The van der Waals surface area contributed by atoms with Gasteiger partial charge in [-0.1, -0.05) is 6.92 Å². The Morgan fingerprint density at radius 2 is 2.00 bits per heavy atom. The van der Waals surface area contributed by atoms with Crippen LogP contribution < -0.4 is 5.32 Å². The van der Waals surface area contributed by atoms with Gasteiger partial charge in [-0.2, -0.15) is 0 Å². The van der Waals surface area contributed by atoms with Crippen LogP contribution in [0.15, 0.2) is 0 Å². The lowest BCUT2D eigenvalue weighted by molar-refractivity contribution is -0.141. The predicted octanol–water partition coefficient (Wildman–Crippen LogP) is -0.656. The van der Waals surface area contributed by atoms with Gasteiger partial charge >= 0.3 is 0 Å². The molecule has 2 saturated heterocycles. The number of carbonyl (C=O) groups excluding carboxylic acids is 3. The van der Waals surface area contributed by atoms with E-state index in [0.29, 0.717) is 13.0 Å². The molecule has 1 N–H and O–H groups in total. The molecule has 2 aliphatic heterocycles. The van der Waals surface area contributed by atoms with Crippen molar-refractivity contribution in [1.82, 2.24) is 15.1 Å². The van der Waals surface area contributed by atoms with Gasteiger partial charge in [0.15, 0.2) is 0 Å². The third-order valence-electron chi connectivity index (χ3n) is 3.61. The molecule has 2 aliphatic rings. The highest BCUT2D eigenvalue weighted by molar-refractivity contribution is 6.07. The highest BCUT2D eigenvalue weighted by Gasteiger charge is 2.45. The topological polar surface area (TPSA) is 69.7 Å². The van der Waals surface area contributed by atoms with Crippen LogP contribution in [0.25, 0.3) is 0 Å². The number of nitrogens with one attached hydrogen (secondary N) is 1. The molecule has 0 radical (unpaired) electrons. The van der Waals surface area contributed by atoms with Crippen LogP contribution in [0.4, 0.5) is 0 Å². The third kappa shape index (κ3) is 2.12. The molecule has 0 saturated carbocycles. The Hall–Kier alpha value is -1.43. The average Bonchev–Trinajstić information content (AvgIpc) is 2.83. The summed E-state index contributed by atoms with van der Waals surface area (Å²) in [6, 6.07) is -0.776. The van der Waals surface area contributed by atoms with Crippen molar-refractivity contribution in [2.75, 3.05) is 20.1 Å². The summed E-state index contributed by atoms with van der Waals surface area (Å²) >= 11 is 0. The van der Waals surface area contributed by atoms with E-state index >= 15 is 0 Å². The maximum atomic E-state index is 12.1. The van der Waals surface area contributed by atoms with E-state index in [1.807, 2.05) is 6.92 Å². The summed E-state index contributed by atoms with van der Waals surface area (Å²) in [6.07, 6.45) is 1.80. The van der Waals surface area contributed by atoms with E-state index in [2.05, 4.69) is 5.32 Å². The Bertz CT molecular complexity index is 383. The molecule has 0 aromatic rings. The largest absolute Gasteiger partial charge is 0.329 e. The van der Waals surface area contributed by atoms with Gasteiger partial charge in [-0.15, -0.1) is 0 Å². The lowest BCUT2D eigenvalue weighted by Crippen LogP contribution is -2.46. The van der Waals surface area contributed by atoms with Gasteiger partial charge in [0.25, 0.3) is 5.91 Å². The van der Waals surface area contributed by atoms with Crippen molar-refractivity contribution in [1.29, 1.82) is 0 Å². The Morgan fingerprint density at radius 1 is 1.28 bits per heavy atom. The van der Waals surface area contributed by atoms with Crippen molar-refractivity contribution in [3.05, 3.63) is 0 Å². The molecule has 2 fully saturated rings. The van der Waals surface area contributed by atoms with Crippen LogP contribution in [0.1, 0.15) is 26.2 Å². The minimum atomic E-state index is -0.580. The van der Waals surface area contributed by atoms with E-state index in [9.17, 15) is 14.4 Å². The smallest absolute Gasteiger partial charge is 0.252 e. The van der Waals surface area contributed by atoms with Crippen molar-refractivity contribution in [2.24, 2.45) is 0 Å². The van der Waals surface area contributed by atoms with E-state index in [1.165, 1.54) is 7.05 Å². The fraction of sp³-hybridized carbons (Fsp3) is 0.750. The van der Waals surface area contributed by atoms with E-state index < -0.39 is 6.04 Å². The molecule has 2 unspecified atom stereocenters. The van der Waals surface area contributed by atoms with Crippen LogP contribution in [-0.4, -0.2) is 59.7 Å². The zero-order valence-electron chi connectivity index (χ0n) is 10.8. The quantitative estimate of drug-likeness (QED) is 0.676. The number of carbonyl (C=O) groups is 3. The maximum Gasteiger partial charge on any atom is 0.252 e. The van der Waals surface area contributed by atoms with Crippen LogP contribution in [0.5, 0.6) is 0 Å². The Balaban J connectivity index is 2.01. The minimum Gasteiger partial charge on any atom is -0.329 e. The van der Waals surface area contributed by atoms with Gasteiger partial charge in [0.1, 0.15) is 6.04 Å². The number of hydrogen-bond donors (Lipinski definition) is 1. The van der Waals surface area contributed by atoms with Crippen LogP contribution in [0, 0.1) is 0 Å². The first-order chi connectivity index (χ1) is 8.56. The molecule has 0 aromatic heterocycles. The lowest BCUT2D eigenvalue weighted by Gasteiger charge is -2.22. The molecular weight excluding hydrogens is 234 g/mol. The normalized spacial score (nSPS) is 28.7. The number of amides is 3. The molecule has 18 heavy (non-hydrogen) atoms. The van der Waals surface area contributed by atoms with Gasteiger partial charge in [0.05, 0.1) is 12.5 Å². The van der Waals surface area contributed by atoms with Gasteiger partial charge < -0.3 is 10.2 Å². The summed E-state index contributed by atoms with van der Waals surface area (Å²) < 4.78 is 0. The van der Waals surface area contributed by atoms with Crippen molar-refractivity contribution in [3.63, 3.8) is 0 Å². The fourth-order valence-electron chi connectivity index (χ4n) is 2.50. The molecule has 6 heteroatoms. The first-order valence-corrected chi connectivity index (χ1v) is 6.40. The average molecular weight is 253 g/mol. The summed E-state index contributed by atoms with van der Waals surface area (Å²) in [4.78, 5) is 38.1. The highest BCUT2D eigenvalue weighted by atomic mass is 16.2. The number of nitrogens with zero attached hydrogens (tertiary/aromatic N) is 2. The molecule has 6 nitrogen and oxygen atoms in total. The molecule has 2 atom stereocenters. The summed E-state index contributed by atoms with van der Waals surface area (Å²) in [5.41, 5.74) is 0. The second kappa shape index (κ2) is 5.06. The van der Waals surface area contributed by atoms with E-state index in [1.54, 1.807) is 4.90 Å². The van der Waals surface area contributed by atoms with Crippen LogP contribution >= 0.6 is 0 Å². The van der Waals surface area contributed by atoms with Crippen molar-refractivity contribution in [3.8, 4) is 0 Å².